The van der Waals surface area contributed by atoms with Gasteiger partial charge in [0.1, 0.15) is 5.75 Å². The van der Waals surface area contributed by atoms with E-state index >= 15 is 0 Å². The molecule has 0 atom stereocenters. The topological polar surface area (TPSA) is 64.5 Å². The maximum Gasteiger partial charge on any atom is 0.416 e. The van der Waals surface area contributed by atoms with Crippen molar-refractivity contribution in [3.63, 3.8) is 0 Å². The molecule has 2 aliphatic rings. The Kier molecular flexibility index (Phi) is 4.47. The lowest BCUT2D eigenvalue weighted by atomic mass is 9.73. The highest BCUT2D eigenvalue weighted by Crippen LogP contribution is 2.42. The Hall–Kier alpha value is -3.07. The minimum atomic E-state index is -4.52. The number of anilines is 2. The summed E-state index contributed by atoms with van der Waals surface area (Å²) in [5, 5.41) is 21.9. The molecule has 5 rings (SSSR count). The number of halogens is 3. The molecule has 0 aliphatic carbocycles. The Balaban J connectivity index is 1.36. The van der Waals surface area contributed by atoms with E-state index in [-0.39, 0.29) is 6.54 Å². The number of aromatic nitrogens is 2. The van der Waals surface area contributed by atoms with Crippen LogP contribution in [-0.2, 0) is 12.7 Å². The monoisotopic (exact) mass is 429 g/mol. The van der Waals surface area contributed by atoms with E-state index < -0.39 is 17.5 Å². The minimum Gasteiger partial charge on any atom is -0.508 e. The van der Waals surface area contributed by atoms with Crippen molar-refractivity contribution >= 4 is 22.3 Å². The Bertz CT molecular complexity index is 1140. The summed E-state index contributed by atoms with van der Waals surface area (Å²) in [6.45, 7) is 4.40. The molecular formula is C22H22F3N5O. The Morgan fingerprint density at radius 2 is 1.87 bits per heavy atom. The molecule has 0 amide bonds. The molecule has 3 heterocycles. The van der Waals surface area contributed by atoms with Crippen molar-refractivity contribution in [3.8, 4) is 5.75 Å². The van der Waals surface area contributed by atoms with Crippen LogP contribution in [0.3, 0.4) is 0 Å². The molecule has 3 aromatic rings. The van der Waals surface area contributed by atoms with E-state index in [1.807, 2.05) is 18.2 Å². The number of aromatic hydroxyl groups is 1. The van der Waals surface area contributed by atoms with E-state index in [0.717, 1.165) is 49.4 Å². The SMILES string of the molecule is CN1CC2(C1)CN(c1ccc3nncc(NCc4cc(O)cc(C(F)(F)F)c4)c3c1)C2. The van der Waals surface area contributed by atoms with Crippen LogP contribution in [-0.4, -0.2) is 53.4 Å². The van der Waals surface area contributed by atoms with Gasteiger partial charge in [-0.1, -0.05) is 0 Å². The quantitative estimate of drug-likeness (QED) is 0.659. The van der Waals surface area contributed by atoms with Gasteiger partial charge in [0.15, 0.2) is 0 Å². The average molecular weight is 429 g/mol. The van der Waals surface area contributed by atoms with Gasteiger partial charge in [-0.3, -0.25) is 0 Å². The number of alkyl halides is 3. The van der Waals surface area contributed by atoms with Crippen molar-refractivity contribution in [3.05, 3.63) is 53.7 Å². The van der Waals surface area contributed by atoms with Crippen LogP contribution < -0.4 is 10.2 Å². The van der Waals surface area contributed by atoms with Crippen LogP contribution in [0.25, 0.3) is 10.9 Å². The summed E-state index contributed by atoms with van der Waals surface area (Å²) in [6, 6.07) is 9.06. The molecule has 2 saturated heterocycles. The molecule has 0 bridgehead atoms. The van der Waals surface area contributed by atoms with Gasteiger partial charge in [-0.2, -0.15) is 23.4 Å². The van der Waals surface area contributed by atoms with Gasteiger partial charge in [-0.25, -0.2) is 0 Å². The summed E-state index contributed by atoms with van der Waals surface area (Å²) in [6.07, 6.45) is -2.95. The number of likely N-dealkylation sites (tertiary alicyclic amines) is 1. The minimum absolute atomic E-state index is 0.113. The van der Waals surface area contributed by atoms with Crippen LogP contribution in [0, 0.1) is 5.41 Å². The Morgan fingerprint density at radius 1 is 1.10 bits per heavy atom. The van der Waals surface area contributed by atoms with Gasteiger partial charge in [-0.05, 0) is 49.0 Å². The highest BCUT2D eigenvalue weighted by Gasteiger charge is 2.50. The van der Waals surface area contributed by atoms with Gasteiger partial charge in [0.25, 0.3) is 0 Å². The predicted octanol–water partition coefficient (Wildman–Crippen LogP) is 3.72. The van der Waals surface area contributed by atoms with Crippen LogP contribution in [0.1, 0.15) is 11.1 Å². The second kappa shape index (κ2) is 6.98. The fraction of sp³-hybridized carbons (Fsp3) is 0.364. The molecule has 2 N–H and O–H groups in total. The number of benzene rings is 2. The lowest BCUT2D eigenvalue weighted by Crippen LogP contribution is -2.71. The van der Waals surface area contributed by atoms with E-state index in [4.69, 9.17) is 0 Å². The third kappa shape index (κ3) is 3.74. The van der Waals surface area contributed by atoms with Crippen molar-refractivity contribution in [1.29, 1.82) is 0 Å². The van der Waals surface area contributed by atoms with E-state index in [1.165, 1.54) is 6.07 Å². The molecule has 162 valence electrons. The van der Waals surface area contributed by atoms with Crippen molar-refractivity contribution < 1.29 is 18.3 Å². The molecule has 6 nitrogen and oxygen atoms in total. The lowest BCUT2D eigenvalue weighted by molar-refractivity contribution is -0.137. The van der Waals surface area contributed by atoms with Crippen LogP contribution in [0.2, 0.25) is 0 Å². The number of nitrogens with zero attached hydrogens (tertiary/aromatic N) is 4. The van der Waals surface area contributed by atoms with Crippen LogP contribution in [0.15, 0.2) is 42.6 Å². The third-order valence-corrected chi connectivity index (χ3v) is 6.04. The Morgan fingerprint density at radius 3 is 2.58 bits per heavy atom. The molecular weight excluding hydrogens is 407 g/mol. The lowest BCUT2D eigenvalue weighted by Gasteiger charge is -2.60. The van der Waals surface area contributed by atoms with Crippen LogP contribution in [0.5, 0.6) is 5.75 Å². The first-order valence-electron chi connectivity index (χ1n) is 10.0. The Labute approximate surface area is 177 Å². The predicted molar refractivity (Wildman–Crippen MR) is 112 cm³/mol. The van der Waals surface area contributed by atoms with Crippen LogP contribution >= 0.6 is 0 Å². The van der Waals surface area contributed by atoms with E-state index in [0.29, 0.717) is 22.2 Å². The maximum atomic E-state index is 13.0. The second-order valence-electron chi connectivity index (χ2n) is 8.73. The molecule has 1 aromatic heterocycles. The van der Waals surface area contributed by atoms with Crippen molar-refractivity contribution in [2.24, 2.45) is 5.41 Å². The number of rotatable bonds is 4. The van der Waals surface area contributed by atoms with E-state index in [9.17, 15) is 18.3 Å². The van der Waals surface area contributed by atoms with Gasteiger partial charge in [0.05, 0.1) is 23.0 Å². The van der Waals surface area contributed by atoms with Gasteiger partial charge < -0.3 is 20.2 Å². The van der Waals surface area contributed by atoms with Gasteiger partial charge in [-0.15, -0.1) is 0 Å². The molecule has 31 heavy (non-hydrogen) atoms. The molecule has 1 spiro atoms. The molecule has 2 aromatic carbocycles. The molecule has 0 radical (unpaired) electrons. The summed E-state index contributed by atoms with van der Waals surface area (Å²) in [7, 11) is 2.13. The number of phenolic OH excluding ortho intramolecular Hbond substituents is 1. The number of fused-ring (bicyclic) bond motifs is 1. The first kappa shape index (κ1) is 19.9. The molecule has 0 saturated carbocycles. The van der Waals surface area contributed by atoms with Gasteiger partial charge in [0, 0.05) is 49.2 Å². The zero-order valence-electron chi connectivity index (χ0n) is 16.9. The number of hydrogen-bond donors (Lipinski definition) is 2. The second-order valence-corrected chi connectivity index (χ2v) is 8.73. The fourth-order valence-corrected chi connectivity index (χ4v) is 4.76. The number of phenols is 1. The fourth-order valence-electron chi connectivity index (χ4n) is 4.76. The average Bonchev–Trinajstić information content (AvgIpc) is 2.66. The normalized spacial score (nSPS) is 18.1. The first-order valence-corrected chi connectivity index (χ1v) is 10.0. The van der Waals surface area contributed by atoms with Crippen molar-refractivity contribution in [2.45, 2.75) is 12.7 Å². The summed E-state index contributed by atoms with van der Waals surface area (Å²) < 4.78 is 39.1. The molecule has 2 fully saturated rings. The number of nitrogens with one attached hydrogen (secondary N) is 1. The largest absolute Gasteiger partial charge is 0.508 e. The molecule has 2 aliphatic heterocycles. The maximum absolute atomic E-state index is 13.0. The zero-order valence-corrected chi connectivity index (χ0v) is 16.9. The smallest absolute Gasteiger partial charge is 0.416 e. The highest BCUT2D eigenvalue weighted by atomic mass is 19.4. The summed E-state index contributed by atoms with van der Waals surface area (Å²) >= 11 is 0. The first-order chi connectivity index (χ1) is 14.7. The van der Waals surface area contributed by atoms with Crippen molar-refractivity contribution in [1.82, 2.24) is 15.1 Å². The van der Waals surface area contributed by atoms with Gasteiger partial charge >= 0.3 is 6.18 Å². The van der Waals surface area contributed by atoms with E-state index in [1.54, 1.807) is 6.20 Å². The summed E-state index contributed by atoms with van der Waals surface area (Å²) in [5.74, 6) is -0.417. The van der Waals surface area contributed by atoms with E-state index in [2.05, 4.69) is 32.4 Å². The standard InChI is InChI=1S/C22H22F3N5O/c1-29-10-21(11-29)12-30(13-21)16-2-3-19-18(7-16)20(9-27-28-19)26-8-14-4-15(22(23,24)25)6-17(31)5-14/h2-7,9,31H,8,10-13H2,1H3,(H,26,28). The number of hydrogen-bond acceptors (Lipinski definition) is 6. The summed E-state index contributed by atoms with van der Waals surface area (Å²) in [4.78, 5) is 4.66. The molecule has 0 unspecified atom stereocenters. The van der Waals surface area contributed by atoms with Crippen molar-refractivity contribution in [2.75, 3.05) is 43.4 Å². The highest BCUT2D eigenvalue weighted by molar-refractivity contribution is 5.93. The zero-order chi connectivity index (χ0) is 21.8. The molecule has 9 heteroatoms. The summed E-state index contributed by atoms with van der Waals surface area (Å²) in [5.41, 5.74) is 2.35. The van der Waals surface area contributed by atoms with Gasteiger partial charge in [0.2, 0.25) is 0 Å². The third-order valence-electron chi connectivity index (χ3n) is 6.04. The van der Waals surface area contributed by atoms with Crippen LogP contribution in [0.4, 0.5) is 24.5 Å².